The van der Waals surface area contributed by atoms with Gasteiger partial charge in [0, 0.05) is 24.4 Å². The minimum atomic E-state index is -0.159. The number of aryl methyl sites for hydroxylation is 1. The summed E-state index contributed by atoms with van der Waals surface area (Å²) in [4.78, 5) is 26.6. The third-order valence-corrected chi connectivity index (χ3v) is 3.07. The van der Waals surface area contributed by atoms with E-state index in [0.717, 1.165) is 23.8 Å². The minimum absolute atomic E-state index is 0.159. The molecule has 6 nitrogen and oxygen atoms in total. The van der Waals surface area contributed by atoms with Crippen molar-refractivity contribution in [3.05, 3.63) is 34.5 Å². The highest BCUT2D eigenvalue weighted by molar-refractivity contribution is 7.99. The number of nitrogens with zero attached hydrogens (tertiary/aromatic N) is 3. The first-order valence-corrected chi connectivity index (χ1v) is 6.81. The first-order chi connectivity index (χ1) is 9.17. The second-order valence-corrected chi connectivity index (χ2v) is 4.97. The molecule has 2 rings (SSSR count). The molecule has 0 aliphatic rings. The van der Waals surface area contributed by atoms with Gasteiger partial charge in [-0.05, 0) is 25.1 Å². The van der Waals surface area contributed by atoms with E-state index in [-0.39, 0.29) is 5.56 Å². The summed E-state index contributed by atoms with van der Waals surface area (Å²) in [5, 5.41) is 4.46. The molecule has 0 aliphatic carbocycles. The Kier molecular flexibility index (Phi) is 4.51. The van der Waals surface area contributed by atoms with Crippen molar-refractivity contribution in [3.8, 4) is 0 Å². The van der Waals surface area contributed by atoms with Crippen LogP contribution in [0.2, 0.25) is 0 Å². The highest BCUT2D eigenvalue weighted by Crippen LogP contribution is 2.22. The van der Waals surface area contributed by atoms with Crippen molar-refractivity contribution in [2.75, 3.05) is 11.9 Å². The molecule has 0 saturated heterocycles. The Morgan fingerprint density at radius 1 is 1.37 bits per heavy atom. The lowest BCUT2D eigenvalue weighted by molar-refractivity contribution is 0.899. The minimum Gasteiger partial charge on any atom is -0.370 e. The van der Waals surface area contributed by atoms with E-state index < -0.39 is 0 Å². The average molecular weight is 277 g/mol. The van der Waals surface area contributed by atoms with E-state index in [1.807, 2.05) is 6.07 Å². The molecule has 0 amide bonds. The van der Waals surface area contributed by atoms with Crippen LogP contribution >= 0.6 is 11.8 Å². The Morgan fingerprint density at radius 3 is 2.95 bits per heavy atom. The highest BCUT2D eigenvalue weighted by atomic mass is 32.2. The van der Waals surface area contributed by atoms with E-state index in [1.54, 1.807) is 6.92 Å². The first-order valence-electron chi connectivity index (χ1n) is 5.99. The molecule has 2 aromatic heterocycles. The van der Waals surface area contributed by atoms with Crippen molar-refractivity contribution < 1.29 is 0 Å². The van der Waals surface area contributed by atoms with Crippen LogP contribution < -0.4 is 10.9 Å². The summed E-state index contributed by atoms with van der Waals surface area (Å²) in [5.41, 5.74) is 0.526. The van der Waals surface area contributed by atoms with Crippen LogP contribution in [0.5, 0.6) is 0 Å². The predicted molar refractivity (Wildman–Crippen MR) is 74.5 cm³/mol. The molecule has 2 N–H and O–H groups in total. The number of hydrogen-bond donors (Lipinski definition) is 2. The van der Waals surface area contributed by atoms with Crippen molar-refractivity contribution in [2.24, 2.45) is 0 Å². The van der Waals surface area contributed by atoms with Gasteiger partial charge in [-0.1, -0.05) is 6.92 Å². The number of H-pyrrole nitrogens is 1. The van der Waals surface area contributed by atoms with E-state index >= 15 is 0 Å². The number of nitrogens with one attached hydrogen (secondary N) is 2. The summed E-state index contributed by atoms with van der Waals surface area (Å²) in [5.74, 6) is 0.773. The van der Waals surface area contributed by atoms with Gasteiger partial charge in [-0.15, -0.1) is 0 Å². The van der Waals surface area contributed by atoms with Crippen LogP contribution in [0, 0.1) is 6.92 Å². The zero-order valence-corrected chi connectivity index (χ0v) is 11.6. The second-order valence-electron chi connectivity index (χ2n) is 3.96. The molecule has 2 aromatic rings. The van der Waals surface area contributed by atoms with Gasteiger partial charge >= 0.3 is 0 Å². The van der Waals surface area contributed by atoms with Crippen molar-refractivity contribution in [3.63, 3.8) is 0 Å². The standard InChI is InChI=1S/C12H15N5OS/c1-3-4-13-9-6-11(15-7-14-9)19-12-16-8(2)5-10(18)17-12/h5-7H,3-4H2,1-2H3,(H,13,14,15)(H,16,17,18). The van der Waals surface area contributed by atoms with Crippen molar-refractivity contribution in [2.45, 2.75) is 30.5 Å². The van der Waals surface area contributed by atoms with Crippen molar-refractivity contribution in [1.82, 2.24) is 19.9 Å². The molecule has 100 valence electrons. The zero-order valence-electron chi connectivity index (χ0n) is 10.8. The monoisotopic (exact) mass is 277 g/mol. The van der Waals surface area contributed by atoms with E-state index in [1.165, 1.54) is 24.2 Å². The highest BCUT2D eigenvalue weighted by Gasteiger charge is 2.04. The fourth-order valence-corrected chi connectivity index (χ4v) is 2.25. The maximum Gasteiger partial charge on any atom is 0.251 e. The number of aromatic nitrogens is 4. The molecule has 0 aliphatic heterocycles. The number of hydrogen-bond acceptors (Lipinski definition) is 6. The van der Waals surface area contributed by atoms with Crippen molar-refractivity contribution >= 4 is 17.6 Å². The van der Waals surface area contributed by atoms with Crippen LogP contribution in [-0.4, -0.2) is 26.5 Å². The normalized spacial score (nSPS) is 10.4. The van der Waals surface area contributed by atoms with Gasteiger partial charge < -0.3 is 10.3 Å². The molecule has 0 atom stereocenters. The summed E-state index contributed by atoms with van der Waals surface area (Å²) in [6.07, 6.45) is 2.52. The Labute approximate surface area is 115 Å². The van der Waals surface area contributed by atoms with Gasteiger partial charge in [-0.3, -0.25) is 4.79 Å². The third-order valence-electron chi connectivity index (χ3n) is 2.25. The maximum atomic E-state index is 11.4. The molecule has 0 aromatic carbocycles. The van der Waals surface area contributed by atoms with Crippen LogP contribution in [0.25, 0.3) is 0 Å². The summed E-state index contributed by atoms with van der Waals surface area (Å²) in [7, 11) is 0. The molecule has 2 heterocycles. The Balaban J connectivity index is 2.16. The van der Waals surface area contributed by atoms with E-state index in [4.69, 9.17) is 0 Å². The molecule has 0 bridgehead atoms. The van der Waals surface area contributed by atoms with Crippen LogP contribution in [0.4, 0.5) is 5.82 Å². The van der Waals surface area contributed by atoms with Gasteiger partial charge in [0.15, 0.2) is 5.16 Å². The van der Waals surface area contributed by atoms with Gasteiger partial charge in [-0.2, -0.15) is 0 Å². The smallest absolute Gasteiger partial charge is 0.251 e. The van der Waals surface area contributed by atoms with Gasteiger partial charge in [0.05, 0.1) is 0 Å². The number of anilines is 1. The summed E-state index contributed by atoms with van der Waals surface area (Å²) in [6, 6.07) is 3.29. The molecule has 19 heavy (non-hydrogen) atoms. The van der Waals surface area contributed by atoms with E-state index in [0.29, 0.717) is 10.9 Å². The molecule has 0 unspecified atom stereocenters. The number of aromatic amines is 1. The van der Waals surface area contributed by atoms with E-state index in [2.05, 4.69) is 32.2 Å². The van der Waals surface area contributed by atoms with Gasteiger partial charge in [0.1, 0.15) is 17.2 Å². The van der Waals surface area contributed by atoms with Gasteiger partial charge in [0.25, 0.3) is 5.56 Å². The summed E-state index contributed by atoms with van der Waals surface area (Å²) < 4.78 is 0. The lowest BCUT2D eigenvalue weighted by Crippen LogP contribution is -2.08. The fourth-order valence-electron chi connectivity index (χ4n) is 1.44. The second kappa shape index (κ2) is 6.33. The summed E-state index contributed by atoms with van der Waals surface area (Å²) in [6.45, 7) is 4.74. The number of rotatable bonds is 5. The molecule has 0 radical (unpaired) electrons. The van der Waals surface area contributed by atoms with Crippen LogP contribution in [-0.2, 0) is 0 Å². The fraction of sp³-hybridized carbons (Fsp3) is 0.333. The average Bonchev–Trinajstić information content (AvgIpc) is 2.35. The van der Waals surface area contributed by atoms with Gasteiger partial charge in [0.2, 0.25) is 0 Å². The topological polar surface area (TPSA) is 83.6 Å². The Hall–Kier alpha value is -1.89. The first kappa shape index (κ1) is 13.5. The van der Waals surface area contributed by atoms with Crippen molar-refractivity contribution in [1.29, 1.82) is 0 Å². The largest absolute Gasteiger partial charge is 0.370 e. The molecular formula is C12H15N5OS. The molecule has 0 saturated carbocycles. The van der Waals surface area contributed by atoms with Crippen LogP contribution in [0.1, 0.15) is 19.0 Å². The quantitative estimate of drug-likeness (QED) is 0.641. The van der Waals surface area contributed by atoms with Crippen LogP contribution in [0.3, 0.4) is 0 Å². The Bertz CT molecular complexity index is 613. The molecule has 0 spiro atoms. The lowest BCUT2D eigenvalue weighted by Gasteiger charge is -2.05. The molecular weight excluding hydrogens is 262 g/mol. The Morgan fingerprint density at radius 2 is 2.21 bits per heavy atom. The van der Waals surface area contributed by atoms with E-state index in [9.17, 15) is 4.79 Å². The molecule has 0 fully saturated rings. The van der Waals surface area contributed by atoms with Crippen LogP contribution in [0.15, 0.2) is 33.4 Å². The lowest BCUT2D eigenvalue weighted by atomic mass is 10.4. The zero-order chi connectivity index (χ0) is 13.7. The molecule has 7 heteroatoms. The maximum absolute atomic E-state index is 11.4. The SMILES string of the molecule is CCCNc1cc(Sc2nc(C)cc(=O)[nH]2)ncn1. The predicted octanol–water partition coefficient (Wildman–Crippen LogP) is 1.84. The van der Waals surface area contributed by atoms with Gasteiger partial charge in [-0.25, -0.2) is 15.0 Å². The third kappa shape index (κ3) is 4.06. The summed E-state index contributed by atoms with van der Waals surface area (Å²) >= 11 is 1.31.